The molecule has 0 spiro atoms. The molecule has 0 radical (unpaired) electrons. The molecule has 0 amide bonds. The van der Waals surface area contributed by atoms with E-state index in [0.717, 1.165) is 29.5 Å². The fraction of sp³-hybridized carbons (Fsp3) is 0.269. The van der Waals surface area contributed by atoms with Gasteiger partial charge < -0.3 is 0 Å². The zero-order valence-corrected chi connectivity index (χ0v) is 18.4. The number of nitriles is 1. The number of benzene rings is 3. The Morgan fingerprint density at radius 2 is 1.45 bits per heavy atom. The molecule has 1 heterocycles. The molecule has 0 saturated carbocycles. The summed E-state index contributed by atoms with van der Waals surface area (Å²) in [4.78, 5) is 0.306. The molecule has 5 heteroatoms. The van der Waals surface area contributed by atoms with E-state index >= 15 is 0 Å². The van der Waals surface area contributed by atoms with E-state index in [4.69, 9.17) is 0 Å². The van der Waals surface area contributed by atoms with Crippen LogP contribution in [0.25, 0.3) is 0 Å². The van der Waals surface area contributed by atoms with Crippen molar-refractivity contribution in [2.24, 2.45) is 5.92 Å². The summed E-state index contributed by atoms with van der Waals surface area (Å²) in [6, 6.07) is 29.1. The summed E-state index contributed by atoms with van der Waals surface area (Å²) < 4.78 is 28.3. The van der Waals surface area contributed by atoms with Crippen molar-refractivity contribution in [3.63, 3.8) is 0 Å². The molecule has 1 aliphatic rings. The Balaban J connectivity index is 1.77. The van der Waals surface area contributed by atoms with E-state index in [1.54, 1.807) is 16.4 Å². The van der Waals surface area contributed by atoms with Crippen LogP contribution in [0.5, 0.6) is 0 Å². The van der Waals surface area contributed by atoms with Crippen LogP contribution in [0, 0.1) is 24.2 Å². The lowest BCUT2D eigenvalue weighted by Gasteiger charge is -2.41. The van der Waals surface area contributed by atoms with E-state index in [1.807, 2.05) is 79.7 Å². The van der Waals surface area contributed by atoms with Gasteiger partial charge in [0, 0.05) is 13.1 Å². The minimum Gasteiger partial charge on any atom is -0.207 e. The highest BCUT2D eigenvalue weighted by atomic mass is 32.2. The van der Waals surface area contributed by atoms with Crippen LogP contribution in [-0.4, -0.2) is 25.8 Å². The van der Waals surface area contributed by atoms with Crippen LogP contribution in [0.3, 0.4) is 0 Å². The molecule has 3 aromatic rings. The zero-order chi connectivity index (χ0) is 21.9. The predicted molar refractivity (Wildman–Crippen MR) is 122 cm³/mol. The number of rotatable bonds is 5. The van der Waals surface area contributed by atoms with Crippen molar-refractivity contribution in [3.8, 4) is 6.07 Å². The van der Waals surface area contributed by atoms with Crippen molar-refractivity contribution in [2.75, 3.05) is 13.1 Å². The maximum atomic E-state index is 13.4. The molecular formula is C26H26N2O2S. The first kappa shape index (κ1) is 21.3. The molecule has 1 fully saturated rings. The van der Waals surface area contributed by atoms with Crippen LogP contribution in [0.2, 0.25) is 0 Å². The topological polar surface area (TPSA) is 61.2 Å². The molecule has 0 aliphatic carbocycles. The van der Waals surface area contributed by atoms with E-state index in [2.05, 4.69) is 6.07 Å². The summed E-state index contributed by atoms with van der Waals surface area (Å²) in [6.45, 7) is 2.72. The van der Waals surface area contributed by atoms with Crippen LogP contribution in [0.4, 0.5) is 0 Å². The highest BCUT2D eigenvalue weighted by Gasteiger charge is 2.46. The lowest BCUT2D eigenvalue weighted by molar-refractivity contribution is 0.221. The Morgan fingerprint density at radius 1 is 0.903 bits per heavy atom. The first-order valence-corrected chi connectivity index (χ1v) is 12.0. The monoisotopic (exact) mass is 430 g/mol. The average Bonchev–Trinajstić information content (AvgIpc) is 2.82. The standard InChI is InChI=1S/C26H26N2O2S/c1-21-14-16-25(17-15-21)31(29,30)28-18-8-13-24(19-28)26(20-27,22-9-4-2-5-10-22)23-11-6-3-7-12-23/h2-7,9-12,14-17,24H,8,13,18-19H2,1H3. The van der Waals surface area contributed by atoms with Crippen molar-refractivity contribution >= 4 is 10.0 Å². The number of sulfonamides is 1. The van der Waals surface area contributed by atoms with Gasteiger partial charge in [0.05, 0.1) is 11.0 Å². The van der Waals surface area contributed by atoms with E-state index < -0.39 is 15.4 Å². The molecule has 3 aromatic carbocycles. The van der Waals surface area contributed by atoms with Crippen molar-refractivity contribution in [1.82, 2.24) is 4.31 Å². The second kappa shape index (κ2) is 8.66. The minimum atomic E-state index is -3.62. The Labute approximate surface area is 184 Å². The molecule has 4 rings (SSSR count). The van der Waals surface area contributed by atoms with Gasteiger partial charge in [-0.25, -0.2) is 8.42 Å². The Kier molecular flexibility index (Phi) is 5.95. The molecule has 1 unspecified atom stereocenters. The van der Waals surface area contributed by atoms with Crippen LogP contribution in [0.15, 0.2) is 89.8 Å². The van der Waals surface area contributed by atoms with Gasteiger partial charge in [-0.1, -0.05) is 78.4 Å². The highest BCUT2D eigenvalue weighted by molar-refractivity contribution is 7.89. The molecule has 4 nitrogen and oxygen atoms in total. The maximum absolute atomic E-state index is 13.4. The number of aryl methyl sites for hydroxylation is 1. The molecule has 1 saturated heterocycles. The van der Waals surface area contributed by atoms with Crippen LogP contribution in [0.1, 0.15) is 29.5 Å². The third-order valence-corrected chi connectivity index (χ3v) is 8.17. The molecule has 0 bridgehead atoms. The first-order chi connectivity index (χ1) is 15.0. The summed E-state index contributed by atoms with van der Waals surface area (Å²) in [5, 5.41) is 10.6. The lowest BCUT2D eigenvalue weighted by Crippen LogP contribution is -2.48. The fourth-order valence-corrected chi connectivity index (χ4v) is 6.16. The molecule has 158 valence electrons. The Morgan fingerprint density at radius 3 is 1.97 bits per heavy atom. The minimum absolute atomic E-state index is 0.156. The van der Waals surface area contributed by atoms with Gasteiger partial charge in [-0.05, 0) is 48.9 Å². The van der Waals surface area contributed by atoms with Crippen molar-refractivity contribution in [2.45, 2.75) is 30.1 Å². The van der Waals surface area contributed by atoms with Crippen LogP contribution >= 0.6 is 0 Å². The van der Waals surface area contributed by atoms with Gasteiger partial charge in [0.2, 0.25) is 10.0 Å². The van der Waals surface area contributed by atoms with Gasteiger partial charge in [-0.3, -0.25) is 0 Å². The molecule has 1 atom stereocenters. The van der Waals surface area contributed by atoms with Gasteiger partial charge in [-0.15, -0.1) is 0 Å². The summed E-state index contributed by atoms with van der Waals surface area (Å²) in [7, 11) is -3.62. The van der Waals surface area contributed by atoms with E-state index in [0.29, 0.717) is 18.0 Å². The lowest BCUT2D eigenvalue weighted by atomic mass is 9.64. The molecule has 31 heavy (non-hydrogen) atoms. The Hall–Kier alpha value is -2.94. The van der Waals surface area contributed by atoms with Crippen molar-refractivity contribution in [3.05, 3.63) is 102 Å². The van der Waals surface area contributed by atoms with Crippen LogP contribution < -0.4 is 0 Å². The largest absolute Gasteiger partial charge is 0.243 e. The van der Waals surface area contributed by atoms with Crippen LogP contribution in [-0.2, 0) is 15.4 Å². The van der Waals surface area contributed by atoms with E-state index in [1.165, 1.54) is 0 Å². The molecular weight excluding hydrogens is 404 g/mol. The summed E-state index contributed by atoms with van der Waals surface area (Å²) >= 11 is 0. The Bertz CT molecular complexity index is 1130. The molecule has 0 N–H and O–H groups in total. The van der Waals surface area contributed by atoms with Gasteiger partial charge in [-0.2, -0.15) is 9.57 Å². The van der Waals surface area contributed by atoms with E-state index in [9.17, 15) is 13.7 Å². The summed E-state index contributed by atoms with van der Waals surface area (Å²) in [6.07, 6.45) is 1.51. The zero-order valence-electron chi connectivity index (χ0n) is 17.6. The normalized spacial score (nSPS) is 17.7. The van der Waals surface area contributed by atoms with Crippen molar-refractivity contribution in [1.29, 1.82) is 5.26 Å². The van der Waals surface area contributed by atoms with Gasteiger partial charge in [0.25, 0.3) is 0 Å². The summed E-state index contributed by atoms with van der Waals surface area (Å²) in [5.41, 5.74) is 1.92. The molecule has 0 aromatic heterocycles. The van der Waals surface area contributed by atoms with Crippen molar-refractivity contribution < 1.29 is 8.42 Å². The number of hydrogen-bond donors (Lipinski definition) is 0. The van der Waals surface area contributed by atoms with Gasteiger partial charge in [0.1, 0.15) is 5.41 Å². The fourth-order valence-electron chi connectivity index (χ4n) is 4.63. The first-order valence-electron chi connectivity index (χ1n) is 10.6. The SMILES string of the molecule is Cc1ccc(S(=O)(=O)N2CCCC(C(C#N)(c3ccccc3)c3ccccc3)C2)cc1. The second-order valence-corrected chi connectivity index (χ2v) is 10.1. The highest BCUT2D eigenvalue weighted by Crippen LogP contribution is 2.43. The third kappa shape index (κ3) is 3.89. The quantitative estimate of drug-likeness (QED) is 0.578. The summed E-state index contributed by atoms with van der Waals surface area (Å²) in [5.74, 6) is -0.156. The maximum Gasteiger partial charge on any atom is 0.243 e. The average molecular weight is 431 g/mol. The number of hydrogen-bond acceptors (Lipinski definition) is 3. The number of nitrogens with zero attached hydrogens (tertiary/aromatic N) is 2. The third-order valence-electron chi connectivity index (χ3n) is 6.29. The number of piperidine rings is 1. The van der Waals surface area contributed by atoms with E-state index in [-0.39, 0.29) is 5.92 Å². The van der Waals surface area contributed by atoms with Gasteiger partial charge >= 0.3 is 0 Å². The molecule has 1 aliphatic heterocycles. The van der Waals surface area contributed by atoms with Gasteiger partial charge in [0.15, 0.2) is 0 Å². The second-order valence-electron chi connectivity index (χ2n) is 8.17. The smallest absolute Gasteiger partial charge is 0.207 e. The predicted octanol–water partition coefficient (Wildman–Crippen LogP) is 4.91.